The third-order valence-electron chi connectivity index (χ3n) is 1.91. The molecular weight excluding hydrogens is 327 g/mol. The lowest BCUT2D eigenvalue weighted by Gasteiger charge is -2.06. The SMILES string of the molecule is O=C(CSCCCl)NCCCNC(=O)CSCCCl. The Hall–Kier alpha value is 0.220. The van der Waals surface area contributed by atoms with Crippen molar-refractivity contribution in [2.24, 2.45) is 0 Å². The van der Waals surface area contributed by atoms with Crippen LogP contribution >= 0.6 is 46.7 Å². The van der Waals surface area contributed by atoms with Crippen LogP contribution in [0.5, 0.6) is 0 Å². The lowest BCUT2D eigenvalue weighted by atomic mass is 10.4. The number of carbonyl (C=O) groups excluding carboxylic acids is 2. The van der Waals surface area contributed by atoms with Crippen LogP contribution in [-0.2, 0) is 9.59 Å². The number of thioether (sulfide) groups is 2. The van der Waals surface area contributed by atoms with Gasteiger partial charge in [-0.3, -0.25) is 9.59 Å². The third kappa shape index (κ3) is 14.4. The zero-order chi connectivity index (χ0) is 14.3. The number of hydrogen-bond acceptors (Lipinski definition) is 4. The van der Waals surface area contributed by atoms with E-state index in [4.69, 9.17) is 23.2 Å². The molecule has 0 spiro atoms. The summed E-state index contributed by atoms with van der Waals surface area (Å²) in [5.74, 6) is 3.59. The Labute approximate surface area is 133 Å². The van der Waals surface area contributed by atoms with Crippen molar-refractivity contribution < 1.29 is 9.59 Å². The second-order valence-electron chi connectivity index (χ2n) is 3.54. The van der Waals surface area contributed by atoms with Crippen molar-refractivity contribution in [1.29, 1.82) is 0 Å². The van der Waals surface area contributed by atoms with E-state index in [9.17, 15) is 9.59 Å². The predicted molar refractivity (Wildman–Crippen MR) is 86.7 cm³/mol. The van der Waals surface area contributed by atoms with Gasteiger partial charge in [0.05, 0.1) is 11.5 Å². The molecule has 0 aliphatic carbocycles. The normalized spacial score (nSPS) is 10.2. The molecule has 0 fully saturated rings. The van der Waals surface area contributed by atoms with Crippen molar-refractivity contribution in [1.82, 2.24) is 10.6 Å². The Kier molecular flexibility index (Phi) is 14.8. The molecule has 0 rings (SSSR count). The molecule has 2 N–H and O–H groups in total. The van der Waals surface area contributed by atoms with Gasteiger partial charge in [-0.2, -0.15) is 23.5 Å². The topological polar surface area (TPSA) is 58.2 Å². The lowest BCUT2D eigenvalue weighted by molar-refractivity contribution is -0.118. The monoisotopic (exact) mass is 346 g/mol. The quantitative estimate of drug-likeness (QED) is 0.415. The Morgan fingerprint density at radius 1 is 0.842 bits per heavy atom. The van der Waals surface area contributed by atoms with Gasteiger partial charge in [-0.15, -0.1) is 23.2 Å². The summed E-state index contributed by atoms with van der Waals surface area (Å²) < 4.78 is 0. The first-order valence-corrected chi connectivity index (χ1v) is 9.39. The zero-order valence-electron chi connectivity index (χ0n) is 10.8. The predicted octanol–water partition coefficient (Wildman–Crippen LogP) is 1.55. The van der Waals surface area contributed by atoms with Gasteiger partial charge in [0.15, 0.2) is 0 Å². The highest BCUT2D eigenvalue weighted by atomic mass is 35.5. The molecule has 0 saturated heterocycles. The van der Waals surface area contributed by atoms with Crippen LogP contribution < -0.4 is 10.6 Å². The highest BCUT2D eigenvalue weighted by Gasteiger charge is 2.02. The Bertz CT molecular complexity index is 235. The molecule has 0 bridgehead atoms. The Balaban J connectivity index is 3.29. The van der Waals surface area contributed by atoms with Crippen molar-refractivity contribution in [2.45, 2.75) is 6.42 Å². The van der Waals surface area contributed by atoms with Gasteiger partial charge >= 0.3 is 0 Å². The fourth-order valence-electron chi connectivity index (χ4n) is 1.08. The maximum atomic E-state index is 11.3. The molecular formula is C11H20Cl2N2O2S2. The number of halogens is 2. The fourth-order valence-corrected chi connectivity index (χ4v) is 2.82. The molecule has 4 nitrogen and oxygen atoms in total. The smallest absolute Gasteiger partial charge is 0.229 e. The van der Waals surface area contributed by atoms with E-state index in [1.807, 2.05) is 0 Å². The summed E-state index contributed by atoms with van der Waals surface area (Å²) in [7, 11) is 0. The second kappa shape index (κ2) is 14.6. The van der Waals surface area contributed by atoms with Crippen LogP contribution in [0.1, 0.15) is 6.42 Å². The van der Waals surface area contributed by atoms with E-state index in [2.05, 4.69) is 10.6 Å². The molecule has 0 saturated carbocycles. The standard InChI is InChI=1S/C11H20Cl2N2O2S2/c12-2-6-18-8-10(16)14-4-1-5-15-11(17)9-19-7-3-13/h1-9H2,(H,14,16)(H,15,17). The highest BCUT2D eigenvalue weighted by Crippen LogP contribution is 2.00. The van der Waals surface area contributed by atoms with E-state index in [0.29, 0.717) is 36.4 Å². The highest BCUT2D eigenvalue weighted by molar-refractivity contribution is 8.00. The number of alkyl halides is 2. The van der Waals surface area contributed by atoms with Crippen LogP contribution in [0.2, 0.25) is 0 Å². The van der Waals surface area contributed by atoms with Crippen LogP contribution in [0.3, 0.4) is 0 Å². The summed E-state index contributed by atoms with van der Waals surface area (Å²) in [6.07, 6.45) is 0.734. The number of carbonyl (C=O) groups is 2. The molecule has 0 aromatic carbocycles. The zero-order valence-corrected chi connectivity index (χ0v) is 13.9. The first-order chi connectivity index (χ1) is 9.20. The van der Waals surface area contributed by atoms with Gasteiger partial charge in [-0.1, -0.05) is 0 Å². The molecule has 112 valence electrons. The fraction of sp³-hybridized carbons (Fsp3) is 0.818. The molecule has 8 heteroatoms. The van der Waals surface area contributed by atoms with E-state index < -0.39 is 0 Å². The van der Waals surface area contributed by atoms with E-state index in [1.54, 1.807) is 0 Å². The van der Waals surface area contributed by atoms with E-state index >= 15 is 0 Å². The molecule has 0 aromatic rings. The first-order valence-electron chi connectivity index (χ1n) is 6.01. The van der Waals surface area contributed by atoms with Crippen molar-refractivity contribution in [3.63, 3.8) is 0 Å². The average molecular weight is 347 g/mol. The van der Waals surface area contributed by atoms with Gasteiger partial charge in [0.2, 0.25) is 11.8 Å². The van der Waals surface area contributed by atoms with Gasteiger partial charge in [0, 0.05) is 36.4 Å². The number of hydrogen-bond donors (Lipinski definition) is 2. The minimum Gasteiger partial charge on any atom is -0.355 e. The molecule has 0 radical (unpaired) electrons. The van der Waals surface area contributed by atoms with Crippen molar-refractivity contribution in [3.05, 3.63) is 0 Å². The van der Waals surface area contributed by atoms with Crippen LogP contribution in [-0.4, -0.2) is 59.7 Å². The van der Waals surface area contributed by atoms with Gasteiger partial charge < -0.3 is 10.6 Å². The van der Waals surface area contributed by atoms with E-state index in [1.165, 1.54) is 23.5 Å². The first kappa shape index (κ1) is 19.2. The summed E-state index contributed by atoms with van der Waals surface area (Å²) in [5.41, 5.74) is 0. The maximum Gasteiger partial charge on any atom is 0.229 e. The summed E-state index contributed by atoms with van der Waals surface area (Å²) >= 11 is 14.0. The average Bonchev–Trinajstić information content (AvgIpc) is 2.39. The van der Waals surface area contributed by atoms with E-state index in [0.717, 1.165) is 17.9 Å². The lowest BCUT2D eigenvalue weighted by Crippen LogP contribution is -2.31. The summed E-state index contributed by atoms with van der Waals surface area (Å²) in [6, 6.07) is 0. The molecule has 0 aliphatic heterocycles. The largest absolute Gasteiger partial charge is 0.355 e. The van der Waals surface area contributed by atoms with Gasteiger partial charge in [0.1, 0.15) is 0 Å². The number of rotatable bonds is 12. The minimum atomic E-state index is 0.0131. The van der Waals surface area contributed by atoms with Crippen LogP contribution in [0.25, 0.3) is 0 Å². The molecule has 0 atom stereocenters. The van der Waals surface area contributed by atoms with Gasteiger partial charge in [-0.25, -0.2) is 0 Å². The molecule has 0 aromatic heterocycles. The minimum absolute atomic E-state index is 0.0131. The van der Waals surface area contributed by atoms with Crippen molar-refractivity contribution in [3.8, 4) is 0 Å². The molecule has 2 amide bonds. The summed E-state index contributed by atoms with van der Waals surface area (Å²) in [5, 5.41) is 5.58. The Morgan fingerprint density at radius 2 is 1.26 bits per heavy atom. The molecule has 0 unspecified atom stereocenters. The summed E-state index contributed by atoms with van der Waals surface area (Å²) in [6.45, 7) is 1.16. The molecule has 19 heavy (non-hydrogen) atoms. The van der Waals surface area contributed by atoms with Crippen LogP contribution in [0.4, 0.5) is 0 Å². The van der Waals surface area contributed by atoms with Gasteiger partial charge in [-0.05, 0) is 6.42 Å². The summed E-state index contributed by atoms with van der Waals surface area (Å²) in [4.78, 5) is 22.6. The number of nitrogens with one attached hydrogen (secondary N) is 2. The third-order valence-corrected chi connectivity index (χ3v) is 4.65. The Morgan fingerprint density at radius 3 is 1.63 bits per heavy atom. The van der Waals surface area contributed by atoms with E-state index in [-0.39, 0.29) is 11.8 Å². The van der Waals surface area contributed by atoms with Crippen molar-refractivity contribution >= 4 is 58.5 Å². The van der Waals surface area contributed by atoms with Gasteiger partial charge in [0.25, 0.3) is 0 Å². The van der Waals surface area contributed by atoms with Crippen LogP contribution in [0, 0.1) is 0 Å². The maximum absolute atomic E-state index is 11.3. The second-order valence-corrected chi connectivity index (χ2v) is 6.50. The number of amides is 2. The molecule has 0 aliphatic rings. The molecule has 0 heterocycles. The van der Waals surface area contributed by atoms with Crippen molar-refractivity contribution in [2.75, 3.05) is 47.9 Å². The van der Waals surface area contributed by atoms with Crippen LogP contribution in [0.15, 0.2) is 0 Å².